The van der Waals surface area contributed by atoms with Crippen LogP contribution in [-0.4, -0.2) is 25.3 Å². The van der Waals surface area contributed by atoms with Crippen molar-refractivity contribution in [3.05, 3.63) is 0 Å². The fraction of sp³-hybridized carbons (Fsp3) is 1.00. The van der Waals surface area contributed by atoms with E-state index in [4.69, 9.17) is 4.74 Å². The predicted octanol–water partition coefficient (Wildman–Crippen LogP) is 4.14. The zero-order valence-electron chi connectivity index (χ0n) is 13.2. The van der Waals surface area contributed by atoms with Crippen molar-refractivity contribution in [1.29, 1.82) is 0 Å². The molecule has 0 aromatic rings. The second-order valence-corrected chi connectivity index (χ2v) is 7.11. The standard InChI is InChI=1S/C17H33NO/c1-4-11-18-15-12-16(19-13-14(2)3)17(15)9-7-5-6-8-10-17/h14-16,18H,4-13H2,1-3H3. The first kappa shape index (κ1) is 15.3. The van der Waals surface area contributed by atoms with Crippen molar-refractivity contribution >= 4 is 0 Å². The van der Waals surface area contributed by atoms with Gasteiger partial charge >= 0.3 is 0 Å². The molecular formula is C17H33NO. The van der Waals surface area contributed by atoms with Gasteiger partial charge in [0.05, 0.1) is 6.10 Å². The van der Waals surface area contributed by atoms with Crippen molar-refractivity contribution in [2.75, 3.05) is 13.2 Å². The van der Waals surface area contributed by atoms with Crippen LogP contribution in [0.4, 0.5) is 0 Å². The minimum absolute atomic E-state index is 0.473. The highest BCUT2D eigenvalue weighted by molar-refractivity contribution is 5.08. The van der Waals surface area contributed by atoms with Crippen LogP contribution in [-0.2, 0) is 4.74 Å². The Morgan fingerprint density at radius 2 is 1.84 bits per heavy atom. The van der Waals surface area contributed by atoms with Gasteiger partial charge in [0.2, 0.25) is 0 Å². The van der Waals surface area contributed by atoms with Crippen LogP contribution in [0.2, 0.25) is 0 Å². The van der Waals surface area contributed by atoms with Crippen LogP contribution in [0.5, 0.6) is 0 Å². The van der Waals surface area contributed by atoms with E-state index in [1.807, 2.05) is 0 Å². The van der Waals surface area contributed by atoms with Crippen molar-refractivity contribution < 1.29 is 4.74 Å². The van der Waals surface area contributed by atoms with E-state index >= 15 is 0 Å². The average molecular weight is 267 g/mol. The lowest BCUT2D eigenvalue weighted by Crippen LogP contribution is -2.64. The molecule has 0 amide bonds. The maximum atomic E-state index is 6.26. The third-order valence-electron chi connectivity index (χ3n) is 5.09. The van der Waals surface area contributed by atoms with Crippen molar-refractivity contribution in [3.63, 3.8) is 0 Å². The molecule has 2 atom stereocenters. The molecule has 1 N–H and O–H groups in total. The van der Waals surface area contributed by atoms with E-state index in [9.17, 15) is 0 Å². The molecule has 0 radical (unpaired) electrons. The molecule has 19 heavy (non-hydrogen) atoms. The number of rotatable bonds is 6. The molecule has 0 bridgehead atoms. The van der Waals surface area contributed by atoms with Gasteiger partial charge in [-0.25, -0.2) is 0 Å². The number of hydrogen-bond donors (Lipinski definition) is 1. The lowest BCUT2D eigenvalue weighted by atomic mass is 9.57. The van der Waals surface area contributed by atoms with E-state index in [1.54, 1.807) is 0 Å². The number of nitrogens with one attached hydrogen (secondary N) is 1. The zero-order chi connectivity index (χ0) is 13.7. The minimum atomic E-state index is 0.473. The maximum absolute atomic E-state index is 6.26. The summed E-state index contributed by atoms with van der Waals surface area (Å²) in [6.07, 6.45) is 11.5. The Bertz CT molecular complexity index is 256. The van der Waals surface area contributed by atoms with Crippen molar-refractivity contribution in [1.82, 2.24) is 5.32 Å². The Kier molecular flexibility index (Phi) is 5.70. The molecule has 2 nitrogen and oxygen atoms in total. The zero-order valence-corrected chi connectivity index (χ0v) is 13.2. The van der Waals surface area contributed by atoms with Crippen LogP contribution >= 0.6 is 0 Å². The van der Waals surface area contributed by atoms with Crippen LogP contribution < -0.4 is 5.32 Å². The predicted molar refractivity (Wildman–Crippen MR) is 81.4 cm³/mol. The largest absolute Gasteiger partial charge is 0.377 e. The van der Waals surface area contributed by atoms with Crippen LogP contribution in [0.1, 0.15) is 72.1 Å². The van der Waals surface area contributed by atoms with Gasteiger partial charge in [-0.3, -0.25) is 0 Å². The van der Waals surface area contributed by atoms with Gasteiger partial charge in [-0.1, -0.05) is 46.5 Å². The fourth-order valence-electron chi connectivity index (χ4n) is 3.95. The van der Waals surface area contributed by atoms with Gasteiger partial charge < -0.3 is 10.1 Å². The first-order valence-corrected chi connectivity index (χ1v) is 8.54. The Morgan fingerprint density at radius 1 is 1.16 bits per heavy atom. The second kappa shape index (κ2) is 7.08. The normalized spacial score (nSPS) is 30.3. The third-order valence-corrected chi connectivity index (χ3v) is 5.09. The summed E-state index contributed by atoms with van der Waals surface area (Å²) < 4.78 is 6.26. The van der Waals surface area contributed by atoms with Gasteiger partial charge in [0.25, 0.3) is 0 Å². The highest BCUT2D eigenvalue weighted by atomic mass is 16.5. The Labute approximate surface area is 119 Å². The molecule has 2 rings (SSSR count). The van der Waals surface area contributed by atoms with E-state index < -0.39 is 0 Å². The molecule has 2 aliphatic carbocycles. The first-order valence-electron chi connectivity index (χ1n) is 8.54. The summed E-state index contributed by atoms with van der Waals surface area (Å²) in [5, 5.41) is 3.79. The van der Waals surface area contributed by atoms with E-state index in [2.05, 4.69) is 26.1 Å². The fourth-order valence-corrected chi connectivity index (χ4v) is 3.95. The summed E-state index contributed by atoms with van der Waals surface area (Å²) in [5.74, 6) is 0.658. The van der Waals surface area contributed by atoms with Gasteiger partial charge in [-0.2, -0.15) is 0 Å². The highest BCUT2D eigenvalue weighted by Gasteiger charge is 2.54. The Balaban J connectivity index is 1.95. The van der Waals surface area contributed by atoms with Crippen LogP contribution in [0.15, 0.2) is 0 Å². The quantitative estimate of drug-likeness (QED) is 0.781. The molecular weight excluding hydrogens is 234 g/mol. The smallest absolute Gasteiger partial charge is 0.0661 e. The summed E-state index contributed by atoms with van der Waals surface area (Å²) >= 11 is 0. The summed E-state index contributed by atoms with van der Waals surface area (Å²) in [7, 11) is 0. The number of hydrogen-bond acceptors (Lipinski definition) is 2. The Hall–Kier alpha value is -0.0800. The van der Waals surface area contributed by atoms with E-state index in [-0.39, 0.29) is 0 Å². The minimum Gasteiger partial charge on any atom is -0.377 e. The molecule has 0 heterocycles. The maximum Gasteiger partial charge on any atom is 0.0661 e. The van der Waals surface area contributed by atoms with Crippen LogP contribution in [0.25, 0.3) is 0 Å². The summed E-state index contributed by atoms with van der Waals surface area (Å²) in [4.78, 5) is 0. The number of ether oxygens (including phenoxy) is 1. The first-order chi connectivity index (χ1) is 9.19. The molecule has 112 valence electrons. The Morgan fingerprint density at radius 3 is 2.42 bits per heavy atom. The lowest BCUT2D eigenvalue weighted by molar-refractivity contribution is -0.148. The molecule has 2 saturated carbocycles. The van der Waals surface area contributed by atoms with Gasteiger partial charge in [0.15, 0.2) is 0 Å². The van der Waals surface area contributed by atoms with Crippen molar-refractivity contribution in [2.45, 2.75) is 84.3 Å². The lowest BCUT2D eigenvalue weighted by Gasteiger charge is -2.56. The molecule has 0 saturated heterocycles. The summed E-state index contributed by atoms with van der Waals surface area (Å²) in [6, 6.07) is 0.725. The molecule has 1 spiro atoms. The molecule has 2 aliphatic rings. The topological polar surface area (TPSA) is 21.3 Å². The average Bonchev–Trinajstić information content (AvgIpc) is 2.64. The second-order valence-electron chi connectivity index (χ2n) is 7.11. The van der Waals surface area contributed by atoms with Gasteiger partial charge in [-0.05, 0) is 38.1 Å². The van der Waals surface area contributed by atoms with Crippen LogP contribution in [0.3, 0.4) is 0 Å². The van der Waals surface area contributed by atoms with Crippen molar-refractivity contribution in [2.24, 2.45) is 11.3 Å². The SMILES string of the molecule is CCCNC1CC(OCC(C)C)C12CCCCCC2. The summed E-state index contributed by atoms with van der Waals surface area (Å²) in [6.45, 7) is 8.88. The van der Waals surface area contributed by atoms with Crippen molar-refractivity contribution in [3.8, 4) is 0 Å². The molecule has 2 heteroatoms. The highest BCUT2D eigenvalue weighted by Crippen LogP contribution is 2.52. The molecule has 2 fully saturated rings. The van der Waals surface area contributed by atoms with Gasteiger partial charge in [-0.15, -0.1) is 0 Å². The van der Waals surface area contributed by atoms with Crippen LogP contribution in [0, 0.1) is 11.3 Å². The third kappa shape index (κ3) is 3.52. The monoisotopic (exact) mass is 267 g/mol. The van der Waals surface area contributed by atoms with Gasteiger partial charge in [0, 0.05) is 18.1 Å². The molecule has 0 aromatic heterocycles. The van der Waals surface area contributed by atoms with E-state index in [0.717, 1.165) is 12.6 Å². The summed E-state index contributed by atoms with van der Waals surface area (Å²) in [5.41, 5.74) is 0.473. The molecule has 0 aliphatic heterocycles. The molecule has 2 unspecified atom stereocenters. The van der Waals surface area contributed by atoms with E-state index in [1.165, 1.54) is 57.9 Å². The van der Waals surface area contributed by atoms with Gasteiger partial charge in [0.1, 0.15) is 0 Å². The van der Waals surface area contributed by atoms with E-state index in [0.29, 0.717) is 17.4 Å². The molecule has 0 aromatic carbocycles.